The molecule has 0 aliphatic heterocycles. The van der Waals surface area contributed by atoms with E-state index in [0.29, 0.717) is 18.6 Å². The molecule has 0 saturated carbocycles. The second kappa shape index (κ2) is 8.24. The maximum atomic E-state index is 12.6. The third-order valence-corrected chi connectivity index (χ3v) is 3.94. The molecule has 7 heteroatoms. The van der Waals surface area contributed by atoms with Crippen LogP contribution in [0, 0.1) is 0 Å². The van der Waals surface area contributed by atoms with Crippen molar-refractivity contribution in [1.29, 1.82) is 0 Å². The van der Waals surface area contributed by atoms with E-state index in [0.717, 1.165) is 18.5 Å². The molecule has 0 fully saturated rings. The Morgan fingerprint density at radius 1 is 1.08 bits per heavy atom. The lowest BCUT2D eigenvalue weighted by Gasteiger charge is -2.03. The van der Waals surface area contributed by atoms with E-state index in [1.54, 1.807) is 28.9 Å². The number of imidazole rings is 1. The van der Waals surface area contributed by atoms with Gasteiger partial charge in [0.2, 0.25) is 5.82 Å². The number of hydrogen-bond donors (Lipinski definition) is 2. The van der Waals surface area contributed by atoms with Crippen LogP contribution >= 0.6 is 0 Å². The summed E-state index contributed by atoms with van der Waals surface area (Å²) >= 11 is 0. The summed E-state index contributed by atoms with van der Waals surface area (Å²) < 4.78 is 1.63. The summed E-state index contributed by atoms with van der Waals surface area (Å²) in [6.45, 7) is 2.93. The fraction of sp³-hybridized carbons (Fsp3) is 0.263. The van der Waals surface area contributed by atoms with Crippen molar-refractivity contribution in [1.82, 2.24) is 25.0 Å². The van der Waals surface area contributed by atoms with Crippen LogP contribution in [-0.2, 0) is 6.54 Å². The lowest BCUT2D eigenvalue weighted by Crippen LogP contribution is -2.26. The largest absolute Gasteiger partial charge is 0.351 e. The number of amides is 2. The van der Waals surface area contributed by atoms with E-state index in [2.05, 4.69) is 27.5 Å². The van der Waals surface area contributed by atoms with E-state index in [-0.39, 0.29) is 23.3 Å². The number of nitrogens with zero attached hydrogens (tertiary/aromatic N) is 3. The number of unbranched alkanes of at least 4 members (excludes halogenated alkanes) is 1. The van der Waals surface area contributed by atoms with E-state index >= 15 is 0 Å². The maximum absolute atomic E-state index is 12.6. The average Bonchev–Trinajstić information content (AvgIpc) is 3.07. The molecular weight excluding hydrogens is 330 g/mol. The van der Waals surface area contributed by atoms with Gasteiger partial charge in [0.25, 0.3) is 11.8 Å². The maximum Gasteiger partial charge on any atom is 0.288 e. The van der Waals surface area contributed by atoms with Gasteiger partial charge < -0.3 is 10.6 Å². The molecule has 0 radical (unpaired) electrons. The second-order valence-corrected chi connectivity index (χ2v) is 5.85. The van der Waals surface area contributed by atoms with Crippen molar-refractivity contribution < 1.29 is 9.59 Å². The number of carbonyl (C=O) groups excluding carboxylic acids is 2. The van der Waals surface area contributed by atoms with Crippen LogP contribution < -0.4 is 10.6 Å². The van der Waals surface area contributed by atoms with Gasteiger partial charge in [-0.3, -0.25) is 19.0 Å². The molecule has 0 spiro atoms. The molecule has 3 rings (SSSR count). The Kier molecular flexibility index (Phi) is 5.58. The van der Waals surface area contributed by atoms with Crippen LogP contribution in [-0.4, -0.2) is 32.7 Å². The van der Waals surface area contributed by atoms with Crippen LogP contribution in [0.4, 0.5) is 0 Å². The SMILES string of the molecule is CCCCNC(=O)c1nc(C(=O)NCc2ccccn2)n2ccccc12. The van der Waals surface area contributed by atoms with Gasteiger partial charge >= 0.3 is 0 Å². The molecule has 3 aromatic heterocycles. The molecule has 2 N–H and O–H groups in total. The quantitative estimate of drug-likeness (QED) is 0.639. The van der Waals surface area contributed by atoms with E-state index in [1.807, 2.05) is 24.3 Å². The molecule has 7 nitrogen and oxygen atoms in total. The Labute approximate surface area is 151 Å². The summed E-state index contributed by atoms with van der Waals surface area (Å²) in [5.41, 5.74) is 1.61. The van der Waals surface area contributed by atoms with Gasteiger partial charge in [-0.1, -0.05) is 25.5 Å². The van der Waals surface area contributed by atoms with Gasteiger partial charge in [0.1, 0.15) is 0 Å². The minimum atomic E-state index is -0.357. The van der Waals surface area contributed by atoms with Crippen molar-refractivity contribution in [2.45, 2.75) is 26.3 Å². The minimum absolute atomic E-state index is 0.178. The van der Waals surface area contributed by atoms with Gasteiger partial charge in [0.05, 0.1) is 17.8 Å². The number of hydrogen-bond acceptors (Lipinski definition) is 4. The van der Waals surface area contributed by atoms with Gasteiger partial charge in [-0.25, -0.2) is 4.98 Å². The zero-order chi connectivity index (χ0) is 18.4. The Morgan fingerprint density at radius 3 is 2.69 bits per heavy atom. The molecule has 0 aliphatic rings. The Bertz CT molecular complexity index is 905. The van der Waals surface area contributed by atoms with E-state index in [4.69, 9.17) is 0 Å². The van der Waals surface area contributed by atoms with Gasteiger partial charge in [-0.15, -0.1) is 0 Å². The number of rotatable bonds is 7. The zero-order valence-corrected chi connectivity index (χ0v) is 14.6. The Hall–Kier alpha value is -3.22. The zero-order valence-electron chi connectivity index (χ0n) is 14.6. The molecule has 0 atom stereocenters. The van der Waals surface area contributed by atoms with Gasteiger partial charge in [-0.05, 0) is 30.7 Å². The first-order valence-corrected chi connectivity index (χ1v) is 8.64. The minimum Gasteiger partial charge on any atom is -0.351 e. The first-order valence-electron chi connectivity index (χ1n) is 8.64. The number of nitrogens with one attached hydrogen (secondary N) is 2. The van der Waals surface area contributed by atoms with Gasteiger partial charge in [-0.2, -0.15) is 0 Å². The predicted octanol–water partition coefficient (Wildman–Crippen LogP) is 2.19. The predicted molar refractivity (Wildman–Crippen MR) is 97.8 cm³/mol. The van der Waals surface area contributed by atoms with E-state index < -0.39 is 0 Å². The highest BCUT2D eigenvalue weighted by Crippen LogP contribution is 2.13. The lowest BCUT2D eigenvalue weighted by atomic mass is 10.3. The summed E-state index contributed by atoms with van der Waals surface area (Å²) in [6.07, 6.45) is 5.28. The van der Waals surface area contributed by atoms with Crippen molar-refractivity contribution in [2.24, 2.45) is 0 Å². The highest BCUT2D eigenvalue weighted by atomic mass is 16.2. The van der Waals surface area contributed by atoms with Gasteiger partial charge in [0, 0.05) is 18.9 Å². The molecule has 3 heterocycles. The Balaban J connectivity index is 1.81. The summed E-state index contributed by atoms with van der Waals surface area (Å²) in [5, 5.41) is 5.64. The molecule has 0 bridgehead atoms. The number of pyridine rings is 2. The summed E-state index contributed by atoms with van der Waals surface area (Å²) in [4.78, 5) is 33.5. The lowest BCUT2D eigenvalue weighted by molar-refractivity contribution is 0.0939. The number of fused-ring (bicyclic) bond motifs is 1. The summed E-state index contributed by atoms with van der Waals surface area (Å²) in [6, 6.07) is 10.9. The van der Waals surface area contributed by atoms with Crippen molar-refractivity contribution in [3.05, 3.63) is 66.0 Å². The first-order chi connectivity index (χ1) is 12.7. The van der Waals surface area contributed by atoms with Crippen LogP contribution in [0.2, 0.25) is 0 Å². The van der Waals surface area contributed by atoms with Crippen LogP contribution in [0.3, 0.4) is 0 Å². The summed E-state index contributed by atoms with van der Waals surface area (Å²) in [7, 11) is 0. The fourth-order valence-electron chi connectivity index (χ4n) is 2.58. The highest BCUT2D eigenvalue weighted by molar-refractivity contribution is 6.02. The van der Waals surface area contributed by atoms with Crippen LogP contribution in [0.1, 0.15) is 46.6 Å². The van der Waals surface area contributed by atoms with Crippen molar-refractivity contribution in [3.63, 3.8) is 0 Å². The third kappa shape index (κ3) is 3.88. The molecule has 134 valence electrons. The molecule has 2 amide bonds. The standard InChI is InChI=1S/C19H21N5O2/c1-2-3-10-21-18(25)16-15-9-5-7-12-24(15)17(23-16)19(26)22-13-14-8-4-6-11-20-14/h4-9,11-12H,2-3,10,13H2,1H3,(H,21,25)(H,22,26). The third-order valence-electron chi connectivity index (χ3n) is 3.94. The van der Waals surface area contributed by atoms with Crippen LogP contribution in [0.25, 0.3) is 5.52 Å². The van der Waals surface area contributed by atoms with Crippen molar-refractivity contribution in [3.8, 4) is 0 Å². The summed E-state index contributed by atoms with van der Waals surface area (Å²) in [5.74, 6) is -0.451. The highest BCUT2D eigenvalue weighted by Gasteiger charge is 2.21. The second-order valence-electron chi connectivity index (χ2n) is 5.85. The molecular formula is C19H21N5O2. The van der Waals surface area contributed by atoms with Crippen molar-refractivity contribution in [2.75, 3.05) is 6.54 Å². The van der Waals surface area contributed by atoms with Crippen LogP contribution in [0.15, 0.2) is 48.8 Å². The molecule has 0 saturated heterocycles. The number of aromatic nitrogens is 3. The van der Waals surface area contributed by atoms with E-state index in [1.165, 1.54) is 0 Å². The topological polar surface area (TPSA) is 88.4 Å². The molecule has 0 unspecified atom stereocenters. The Morgan fingerprint density at radius 2 is 1.92 bits per heavy atom. The van der Waals surface area contributed by atoms with E-state index in [9.17, 15) is 9.59 Å². The average molecular weight is 351 g/mol. The fourth-order valence-corrected chi connectivity index (χ4v) is 2.58. The smallest absolute Gasteiger partial charge is 0.288 e. The van der Waals surface area contributed by atoms with Crippen LogP contribution in [0.5, 0.6) is 0 Å². The van der Waals surface area contributed by atoms with Crippen molar-refractivity contribution >= 4 is 17.3 Å². The van der Waals surface area contributed by atoms with Gasteiger partial charge in [0.15, 0.2) is 5.69 Å². The monoisotopic (exact) mass is 351 g/mol. The molecule has 0 aliphatic carbocycles. The number of carbonyl (C=O) groups is 2. The molecule has 3 aromatic rings. The first kappa shape index (κ1) is 17.6. The normalized spacial score (nSPS) is 10.7. The molecule has 0 aromatic carbocycles. The molecule has 26 heavy (non-hydrogen) atoms.